The first kappa shape index (κ1) is 37.5. The summed E-state index contributed by atoms with van der Waals surface area (Å²) >= 11 is 0. The van der Waals surface area contributed by atoms with E-state index in [1.54, 1.807) is 18.2 Å². The van der Waals surface area contributed by atoms with Crippen LogP contribution in [0, 0.1) is 12.4 Å². The molecule has 11 rings (SSSR count). The number of halogens is 1. The quantitative estimate of drug-likeness (QED) is 0.112. The van der Waals surface area contributed by atoms with Crippen molar-refractivity contribution < 1.29 is 4.39 Å². The van der Waals surface area contributed by atoms with Crippen molar-refractivity contribution in [2.75, 3.05) is 9.80 Å². The molecule has 0 fully saturated rings. The van der Waals surface area contributed by atoms with E-state index in [2.05, 4.69) is 137 Å². The van der Waals surface area contributed by atoms with Gasteiger partial charge in [0.25, 0.3) is 0 Å². The fourth-order valence-electron chi connectivity index (χ4n) is 9.18. The van der Waals surface area contributed by atoms with Crippen molar-refractivity contribution in [1.29, 1.82) is 0 Å². The summed E-state index contributed by atoms with van der Waals surface area (Å²) in [6.45, 7) is 7.67. The van der Waals surface area contributed by atoms with E-state index in [9.17, 15) is 0 Å². The van der Waals surface area contributed by atoms with E-state index in [-0.39, 0.29) is 5.82 Å². The standard InChI is InChI=1S/C59H38FN3/c1-61-44-27-29-47(30-28-44)63(59-55(41-18-8-3-9-19-41)37-43(38-57(59)60)40-16-6-2-7-17-40)49-32-35-52-54-33-26-42-36-48(62(45-20-10-4-11-21-45)46-22-12-5-13-23-46)31-34-50(42)58(54)53-25-15-14-24-51(53)56(52)39-49/h2-39H. The third-order valence-corrected chi connectivity index (χ3v) is 12.0. The van der Waals surface area contributed by atoms with Crippen LogP contribution in [0.5, 0.6) is 0 Å². The second-order valence-electron chi connectivity index (χ2n) is 15.7. The predicted molar refractivity (Wildman–Crippen MR) is 263 cm³/mol. The Kier molecular flexibility index (Phi) is 9.41. The van der Waals surface area contributed by atoms with Gasteiger partial charge in [0, 0.05) is 34.0 Å². The van der Waals surface area contributed by atoms with Crippen LogP contribution in [-0.4, -0.2) is 0 Å². The van der Waals surface area contributed by atoms with E-state index in [0.717, 1.165) is 83.0 Å². The Morgan fingerprint density at radius 1 is 0.349 bits per heavy atom. The molecule has 0 heterocycles. The van der Waals surface area contributed by atoms with Crippen LogP contribution in [-0.2, 0) is 0 Å². The highest BCUT2D eigenvalue weighted by Gasteiger charge is 2.24. The van der Waals surface area contributed by atoms with Crippen LogP contribution in [0.2, 0.25) is 0 Å². The number of para-hydroxylation sites is 2. The van der Waals surface area contributed by atoms with Crippen LogP contribution in [0.1, 0.15) is 0 Å². The monoisotopic (exact) mass is 807 g/mol. The molecule has 0 aliphatic carbocycles. The Labute approximate surface area is 365 Å². The van der Waals surface area contributed by atoms with Crippen LogP contribution in [0.4, 0.5) is 44.2 Å². The Hall–Kier alpha value is -8.52. The smallest absolute Gasteiger partial charge is 0.187 e. The molecule has 0 unspecified atom stereocenters. The first-order valence-electron chi connectivity index (χ1n) is 21.1. The maximum atomic E-state index is 17.4. The third kappa shape index (κ3) is 6.70. The number of anilines is 6. The molecule has 0 aliphatic rings. The number of hydrogen-bond donors (Lipinski definition) is 0. The molecular formula is C59H38FN3. The number of rotatable bonds is 8. The largest absolute Gasteiger partial charge is 0.310 e. The normalized spacial score (nSPS) is 11.2. The lowest BCUT2D eigenvalue weighted by Gasteiger charge is -2.29. The molecule has 0 atom stereocenters. The molecule has 0 aromatic heterocycles. The van der Waals surface area contributed by atoms with E-state index in [1.807, 2.05) is 89.8 Å². The lowest BCUT2D eigenvalue weighted by atomic mass is 9.90. The van der Waals surface area contributed by atoms with Crippen molar-refractivity contribution in [1.82, 2.24) is 0 Å². The maximum absolute atomic E-state index is 17.4. The molecule has 0 aliphatic heterocycles. The molecule has 0 bridgehead atoms. The van der Waals surface area contributed by atoms with Gasteiger partial charge in [-0.05, 0) is 133 Å². The molecule has 11 aromatic carbocycles. The molecule has 0 spiro atoms. The minimum absolute atomic E-state index is 0.350. The van der Waals surface area contributed by atoms with Gasteiger partial charge in [0.05, 0.1) is 12.3 Å². The second kappa shape index (κ2) is 15.8. The summed E-state index contributed by atoms with van der Waals surface area (Å²) in [6.07, 6.45) is 0. The highest BCUT2D eigenvalue weighted by molar-refractivity contribution is 6.32. The van der Waals surface area contributed by atoms with E-state index in [1.165, 1.54) is 10.8 Å². The van der Waals surface area contributed by atoms with Crippen molar-refractivity contribution in [2.24, 2.45) is 0 Å². The van der Waals surface area contributed by atoms with Gasteiger partial charge in [-0.15, -0.1) is 0 Å². The Bertz CT molecular complexity index is 3450. The van der Waals surface area contributed by atoms with Gasteiger partial charge in [0.15, 0.2) is 5.69 Å². The fraction of sp³-hybridized carbons (Fsp3) is 0. The fourth-order valence-corrected chi connectivity index (χ4v) is 9.18. The lowest BCUT2D eigenvalue weighted by molar-refractivity contribution is 0.630. The summed E-state index contributed by atoms with van der Waals surface area (Å²) < 4.78 is 17.4. The van der Waals surface area contributed by atoms with Crippen molar-refractivity contribution in [3.05, 3.63) is 248 Å². The first-order valence-corrected chi connectivity index (χ1v) is 21.1. The van der Waals surface area contributed by atoms with E-state index in [0.29, 0.717) is 11.4 Å². The predicted octanol–water partition coefficient (Wildman–Crippen LogP) is 17.3. The summed E-state index contributed by atoms with van der Waals surface area (Å²) in [4.78, 5) is 7.97. The Balaban J connectivity index is 1.13. The van der Waals surface area contributed by atoms with Gasteiger partial charge in [0.1, 0.15) is 5.82 Å². The highest BCUT2D eigenvalue weighted by Crippen LogP contribution is 2.48. The zero-order valence-electron chi connectivity index (χ0n) is 34.2. The summed E-state index contributed by atoms with van der Waals surface area (Å²) in [7, 11) is 0. The number of benzene rings is 11. The first-order chi connectivity index (χ1) is 31.1. The molecular weight excluding hydrogens is 770 g/mol. The van der Waals surface area contributed by atoms with Gasteiger partial charge >= 0.3 is 0 Å². The maximum Gasteiger partial charge on any atom is 0.187 e. The van der Waals surface area contributed by atoms with Crippen molar-refractivity contribution in [3.63, 3.8) is 0 Å². The molecule has 296 valence electrons. The average Bonchev–Trinajstić information content (AvgIpc) is 3.35. The molecule has 0 N–H and O–H groups in total. The van der Waals surface area contributed by atoms with Crippen LogP contribution in [0.15, 0.2) is 231 Å². The van der Waals surface area contributed by atoms with Gasteiger partial charge in [-0.2, -0.15) is 0 Å². The van der Waals surface area contributed by atoms with Crippen molar-refractivity contribution >= 4 is 82.9 Å². The highest BCUT2D eigenvalue weighted by atomic mass is 19.1. The zero-order valence-corrected chi connectivity index (χ0v) is 34.2. The van der Waals surface area contributed by atoms with Gasteiger partial charge in [0.2, 0.25) is 0 Å². The van der Waals surface area contributed by atoms with Crippen LogP contribution in [0.3, 0.4) is 0 Å². The zero-order chi connectivity index (χ0) is 42.3. The van der Waals surface area contributed by atoms with E-state index in [4.69, 9.17) is 6.57 Å². The van der Waals surface area contributed by atoms with Crippen LogP contribution in [0.25, 0.3) is 70.2 Å². The molecule has 0 saturated heterocycles. The second-order valence-corrected chi connectivity index (χ2v) is 15.7. The molecule has 0 amide bonds. The van der Waals surface area contributed by atoms with Gasteiger partial charge in [-0.3, -0.25) is 0 Å². The van der Waals surface area contributed by atoms with Crippen molar-refractivity contribution in [2.45, 2.75) is 0 Å². The minimum Gasteiger partial charge on any atom is -0.310 e. The molecule has 3 nitrogen and oxygen atoms in total. The van der Waals surface area contributed by atoms with Gasteiger partial charge < -0.3 is 9.80 Å². The Morgan fingerprint density at radius 3 is 1.49 bits per heavy atom. The Morgan fingerprint density at radius 2 is 0.841 bits per heavy atom. The molecule has 0 saturated carbocycles. The van der Waals surface area contributed by atoms with E-state index < -0.39 is 0 Å². The van der Waals surface area contributed by atoms with Gasteiger partial charge in [-0.25, -0.2) is 9.24 Å². The number of nitrogens with zero attached hydrogens (tertiary/aromatic N) is 3. The topological polar surface area (TPSA) is 10.8 Å². The molecule has 4 heteroatoms. The number of fused-ring (bicyclic) bond motifs is 8. The average molecular weight is 808 g/mol. The number of hydrogen-bond acceptors (Lipinski definition) is 2. The van der Waals surface area contributed by atoms with Crippen LogP contribution >= 0.6 is 0 Å². The van der Waals surface area contributed by atoms with Gasteiger partial charge in [-0.1, -0.05) is 158 Å². The summed E-state index contributed by atoms with van der Waals surface area (Å²) in [6, 6.07) is 78.4. The van der Waals surface area contributed by atoms with Crippen LogP contribution < -0.4 is 9.80 Å². The molecule has 11 aromatic rings. The lowest BCUT2D eigenvalue weighted by Crippen LogP contribution is -2.13. The van der Waals surface area contributed by atoms with E-state index >= 15 is 4.39 Å². The van der Waals surface area contributed by atoms with Crippen molar-refractivity contribution in [3.8, 4) is 22.3 Å². The summed E-state index contributed by atoms with van der Waals surface area (Å²) in [5.41, 5.74) is 9.16. The molecule has 0 radical (unpaired) electrons. The summed E-state index contributed by atoms with van der Waals surface area (Å²) in [5, 5.41) is 9.10. The SMILES string of the molecule is [C-]#[N+]c1ccc(N(c2ccc3c(c2)c2ccccc2c2c4ccc(N(c5ccccc5)c5ccccc5)cc4ccc32)c2c(F)cc(-c3ccccc3)cc2-c2ccccc2)cc1. The minimum atomic E-state index is -0.350. The third-order valence-electron chi connectivity index (χ3n) is 12.0. The summed E-state index contributed by atoms with van der Waals surface area (Å²) in [5.74, 6) is -0.350. The molecule has 63 heavy (non-hydrogen) atoms.